The van der Waals surface area contributed by atoms with Gasteiger partial charge in [-0.05, 0) is 42.5 Å². The average Bonchev–Trinajstić information content (AvgIpc) is 3.28. The van der Waals surface area contributed by atoms with Crippen LogP contribution in [0.4, 0.5) is 5.69 Å². The molecule has 0 spiro atoms. The Hall–Kier alpha value is -3.03. The number of thiophene rings is 1. The van der Waals surface area contributed by atoms with Gasteiger partial charge in [-0.2, -0.15) is 5.10 Å². The fourth-order valence-electron chi connectivity index (χ4n) is 3.11. The molecule has 4 aromatic rings. The highest BCUT2D eigenvalue weighted by atomic mass is 35.5. The molecule has 0 aliphatic heterocycles. The lowest BCUT2D eigenvalue weighted by Crippen LogP contribution is -2.09. The first-order chi connectivity index (χ1) is 14.0. The number of fused-ring (bicyclic) bond motifs is 1. The molecule has 0 aliphatic rings. The van der Waals surface area contributed by atoms with Crippen molar-refractivity contribution in [1.29, 1.82) is 0 Å². The molecular formula is C21H18ClN3O3S. The van der Waals surface area contributed by atoms with Gasteiger partial charge in [-0.1, -0.05) is 17.7 Å². The highest BCUT2D eigenvalue weighted by Crippen LogP contribution is 2.37. The molecule has 2 aromatic heterocycles. The summed E-state index contributed by atoms with van der Waals surface area (Å²) in [6, 6.07) is 14.6. The van der Waals surface area contributed by atoms with Crippen molar-refractivity contribution in [3.05, 3.63) is 58.4 Å². The smallest absolute Gasteiger partial charge is 0.265 e. The zero-order valence-corrected chi connectivity index (χ0v) is 17.6. The molecule has 0 radical (unpaired) electrons. The molecule has 2 heterocycles. The van der Waals surface area contributed by atoms with Crippen LogP contribution in [0.5, 0.6) is 11.5 Å². The number of aryl methyl sites for hydroxylation is 1. The standard InChI is InChI=1S/C21H18ClN3O3S/c1-25-21-15(19(24-25)12-7-8-16(27-2)17(9-12)28-3)11-18(29-21)20(26)23-14-6-4-5-13(22)10-14/h4-11H,1-3H3,(H,23,26). The van der Waals surface area contributed by atoms with E-state index in [-0.39, 0.29) is 5.91 Å². The second-order valence-electron chi connectivity index (χ2n) is 6.34. The van der Waals surface area contributed by atoms with Gasteiger partial charge in [0.05, 0.1) is 19.1 Å². The molecule has 2 aromatic carbocycles. The number of halogens is 1. The summed E-state index contributed by atoms with van der Waals surface area (Å²) in [6.45, 7) is 0. The number of ether oxygens (including phenoxy) is 2. The Balaban J connectivity index is 1.71. The van der Waals surface area contributed by atoms with E-state index in [9.17, 15) is 4.79 Å². The van der Waals surface area contributed by atoms with Gasteiger partial charge in [-0.15, -0.1) is 11.3 Å². The minimum absolute atomic E-state index is 0.188. The molecule has 0 unspecified atom stereocenters. The number of carbonyl (C=O) groups excluding carboxylic acids is 1. The largest absolute Gasteiger partial charge is 0.493 e. The lowest BCUT2D eigenvalue weighted by atomic mass is 10.1. The molecule has 8 heteroatoms. The molecule has 1 amide bonds. The van der Waals surface area contributed by atoms with Crippen molar-refractivity contribution in [3.63, 3.8) is 0 Å². The van der Waals surface area contributed by atoms with Crippen molar-refractivity contribution in [3.8, 4) is 22.8 Å². The maximum atomic E-state index is 12.7. The summed E-state index contributed by atoms with van der Waals surface area (Å²) in [7, 11) is 5.06. The lowest BCUT2D eigenvalue weighted by Gasteiger charge is -2.08. The van der Waals surface area contributed by atoms with E-state index in [1.54, 1.807) is 43.2 Å². The van der Waals surface area contributed by atoms with Crippen LogP contribution in [-0.2, 0) is 7.05 Å². The molecule has 148 valence electrons. The molecule has 29 heavy (non-hydrogen) atoms. The summed E-state index contributed by atoms with van der Waals surface area (Å²) in [6.07, 6.45) is 0. The Labute approximate surface area is 176 Å². The maximum Gasteiger partial charge on any atom is 0.265 e. The van der Waals surface area contributed by atoms with Crippen LogP contribution in [-0.4, -0.2) is 29.9 Å². The summed E-state index contributed by atoms with van der Waals surface area (Å²) >= 11 is 7.39. The summed E-state index contributed by atoms with van der Waals surface area (Å²) in [4.78, 5) is 14.2. The summed E-state index contributed by atoms with van der Waals surface area (Å²) in [5, 5.41) is 8.98. The van der Waals surface area contributed by atoms with E-state index in [0.29, 0.717) is 27.1 Å². The van der Waals surface area contributed by atoms with Crippen molar-refractivity contribution in [1.82, 2.24) is 9.78 Å². The molecule has 0 bridgehead atoms. The van der Waals surface area contributed by atoms with Gasteiger partial charge >= 0.3 is 0 Å². The number of hydrogen-bond acceptors (Lipinski definition) is 5. The van der Waals surface area contributed by atoms with Gasteiger partial charge in [0.1, 0.15) is 10.5 Å². The van der Waals surface area contributed by atoms with Crippen molar-refractivity contribution < 1.29 is 14.3 Å². The third kappa shape index (κ3) is 3.66. The Bertz CT molecular complexity index is 1220. The zero-order valence-electron chi connectivity index (χ0n) is 16.0. The molecule has 4 rings (SSSR count). The van der Waals surface area contributed by atoms with Crippen LogP contribution < -0.4 is 14.8 Å². The average molecular weight is 428 g/mol. The van der Waals surface area contributed by atoms with Crippen LogP contribution in [0.15, 0.2) is 48.5 Å². The van der Waals surface area contributed by atoms with Crippen molar-refractivity contribution in [2.24, 2.45) is 7.05 Å². The number of anilines is 1. The Morgan fingerprint density at radius 2 is 1.90 bits per heavy atom. The van der Waals surface area contributed by atoms with Crippen LogP contribution >= 0.6 is 22.9 Å². The SMILES string of the molecule is COc1ccc(-c2nn(C)c3sc(C(=O)Nc4cccc(Cl)c4)cc23)cc1OC. The van der Waals surface area contributed by atoms with Crippen LogP contribution in [0.1, 0.15) is 9.67 Å². The predicted octanol–water partition coefficient (Wildman–Crippen LogP) is 5.22. The number of rotatable bonds is 5. The van der Waals surface area contributed by atoms with Gasteiger partial charge in [-0.3, -0.25) is 9.48 Å². The monoisotopic (exact) mass is 427 g/mol. The maximum absolute atomic E-state index is 12.7. The summed E-state index contributed by atoms with van der Waals surface area (Å²) < 4.78 is 12.5. The van der Waals surface area contributed by atoms with E-state index in [0.717, 1.165) is 21.5 Å². The Kier molecular flexibility index (Phi) is 5.17. The number of nitrogens with zero attached hydrogens (tertiary/aromatic N) is 2. The van der Waals surface area contributed by atoms with Crippen molar-refractivity contribution in [2.75, 3.05) is 19.5 Å². The van der Waals surface area contributed by atoms with Gasteiger partial charge < -0.3 is 14.8 Å². The first-order valence-electron chi connectivity index (χ1n) is 8.76. The van der Waals surface area contributed by atoms with Crippen molar-refractivity contribution in [2.45, 2.75) is 0 Å². The van der Waals surface area contributed by atoms with Gasteiger partial charge in [0, 0.05) is 28.7 Å². The van der Waals surface area contributed by atoms with Crippen LogP contribution in [0.25, 0.3) is 21.5 Å². The van der Waals surface area contributed by atoms with E-state index >= 15 is 0 Å². The van der Waals surface area contributed by atoms with E-state index < -0.39 is 0 Å². The molecule has 1 N–H and O–H groups in total. The highest BCUT2D eigenvalue weighted by Gasteiger charge is 2.19. The Morgan fingerprint density at radius 1 is 1.10 bits per heavy atom. The number of methoxy groups -OCH3 is 2. The van der Waals surface area contributed by atoms with Crippen LogP contribution in [0, 0.1) is 0 Å². The summed E-state index contributed by atoms with van der Waals surface area (Å²) in [5.74, 6) is 1.08. The zero-order chi connectivity index (χ0) is 20.5. The lowest BCUT2D eigenvalue weighted by molar-refractivity contribution is 0.103. The number of amides is 1. The second-order valence-corrected chi connectivity index (χ2v) is 7.80. The van der Waals surface area contributed by atoms with Gasteiger partial charge in [0.15, 0.2) is 11.5 Å². The number of hydrogen-bond donors (Lipinski definition) is 1. The minimum Gasteiger partial charge on any atom is -0.493 e. The molecule has 6 nitrogen and oxygen atoms in total. The third-order valence-corrected chi connectivity index (χ3v) is 5.91. The number of carbonyl (C=O) groups is 1. The highest BCUT2D eigenvalue weighted by molar-refractivity contribution is 7.20. The second kappa shape index (κ2) is 7.77. The third-order valence-electron chi connectivity index (χ3n) is 4.47. The minimum atomic E-state index is -0.188. The fourth-order valence-corrected chi connectivity index (χ4v) is 4.27. The van der Waals surface area contributed by atoms with Crippen LogP contribution in [0.2, 0.25) is 5.02 Å². The van der Waals surface area contributed by atoms with E-state index in [1.165, 1.54) is 11.3 Å². The van der Waals surface area contributed by atoms with E-state index in [1.807, 2.05) is 31.3 Å². The molecule has 0 saturated heterocycles. The fraction of sp³-hybridized carbons (Fsp3) is 0.143. The van der Waals surface area contributed by atoms with E-state index in [2.05, 4.69) is 10.4 Å². The quantitative estimate of drug-likeness (QED) is 0.474. The molecule has 0 fully saturated rings. The van der Waals surface area contributed by atoms with Gasteiger partial charge in [0.25, 0.3) is 5.91 Å². The molecule has 0 saturated carbocycles. The molecule has 0 atom stereocenters. The number of benzene rings is 2. The first kappa shape index (κ1) is 19.3. The van der Waals surface area contributed by atoms with Gasteiger partial charge in [0.2, 0.25) is 0 Å². The molecular weight excluding hydrogens is 410 g/mol. The van der Waals surface area contributed by atoms with Crippen LogP contribution in [0.3, 0.4) is 0 Å². The number of nitrogens with one attached hydrogen (secondary N) is 1. The first-order valence-corrected chi connectivity index (χ1v) is 9.95. The number of aromatic nitrogens is 2. The predicted molar refractivity (Wildman–Crippen MR) is 117 cm³/mol. The normalized spacial score (nSPS) is 10.9. The van der Waals surface area contributed by atoms with Gasteiger partial charge in [-0.25, -0.2) is 0 Å². The van der Waals surface area contributed by atoms with Crippen molar-refractivity contribution >= 4 is 44.7 Å². The van der Waals surface area contributed by atoms with E-state index in [4.69, 9.17) is 21.1 Å². The topological polar surface area (TPSA) is 65.4 Å². The Morgan fingerprint density at radius 3 is 2.62 bits per heavy atom. The summed E-state index contributed by atoms with van der Waals surface area (Å²) in [5.41, 5.74) is 2.31. The molecule has 0 aliphatic carbocycles.